The summed E-state index contributed by atoms with van der Waals surface area (Å²) in [4.78, 5) is 35.6. The van der Waals surface area contributed by atoms with Gasteiger partial charge in [0.15, 0.2) is 5.69 Å². The number of carbonyl (C=O) groups excluding carboxylic acids is 2. The van der Waals surface area contributed by atoms with E-state index in [-0.39, 0.29) is 17.4 Å². The van der Waals surface area contributed by atoms with Gasteiger partial charge in [-0.3, -0.25) is 14.6 Å². The van der Waals surface area contributed by atoms with Crippen molar-refractivity contribution in [2.75, 3.05) is 27.0 Å². The third kappa shape index (κ3) is 2.84. The SMILES string of the molecule is COC(=O)OCOc1c2n(ncc1=O)CN1CCCCN1C2=O. The van der Waals surface area contributed by atoms with Crippen LogP contribution < -0.4 is 10.2 Å². The van der Waals surface area contributed by atoms with Crippen molar-refractivity contribution in [3.8, 4) is 5.75 Å². The number of fused-ring (bicyclic) bond motifs is 2. The summed E-state index contributed by atoms with van der Waals surface area (Å²) in [6, 6.07) is 0. The molecule has 0 atom stereocenters. The molecule has 2 aliphatic heterocycles. The smallest absolute Gasteiger partial charge is 0.451 e. The molecule has 3 rings (SSSR count). The zero-order chi connectivity index (χ0) is 16.4. The van der Waals surface area contributed by atoms with Crippen LogP contribution in [0.3, 0.4) is 0 Å². The highest BCUT2D eigenvalue weighted by atomic mass is 16.8. The third-order valence-electron chi connectivity index (χ3n) is 3.67. The van der Waals surface area contributed by atoms with Gasteiger partial charge in [0, 0.05) is 13.1 Å². The van der Waals surface area contributed by atoms with Crippen molar-refractivity contribution in [1.29, 1.82) is 0 Å². The number of aromatic nitrogens is 2. The van der Waals surface area contributed by atoms with Gasteiger partial charge in [-0.1, -0.05) is 0 Å². The molecular formula is C13H16N4O6. The number of rotatable bonds is 3. The Bertz CT molecular complexity index is 688. The number of amides is 1. The van der Waals surface area contributed by atoms with Gasteiger partial charge in [0.1, 0.15) is 6.67 Å². The zero-order valence-corrected chi connectivity index (χ0v) is 12.6. The Kier molecular flexibility index (Phi) is 4.15. The first kappa shape index (κ1) is 15.3. The van der Waals surface area contributed by atoms with Crippen molar-refractivity contribution in [2.45, 2.75) is 19.5 Å². The van der Waals surface area contributed by atoms with Crippen LogP contribution in [-0.4, -0.2) is 58.9 Å². The van der Waals surface area contributed by atoms with Gasteiger partial charge in [-0.2, -0.15) is 10.1 Å². The molecule has 1 aromatic heterocycles. The van der Waals surface area contributed by atoms with E-state index in [0.29, 0.717) is 13.2 Å². The maximum Gasteiger partial charge on any atom is 0.510 e. The first-order chi connectivity index (χ1) is 11.1. The van der Waals surface area contributed by atoms with Crippen LogP contribution in [-0.2, 0) is 16.1 Å². The summed E-state index contributed by atoms with van der Waals surface area (Å²) in [5.41, 5.74) is -0.493. The molecule has 10 nitrogen and oxygen atoms in total. The van der Waals surface area contributed by atoms with E-state index in [0.717, 1.165) is 32.7 Å². The number of hydrogen-bond donors (Lipinski definition) is 0. The summed E-state index contributed by atoms with van der Waals surface area (Å²) >= 11 is 0. The molecule has 0 aliphatic carbocycles. The summed E-state index contributed by atoms with van der Waals surface area (Å²) in [6.07, 6.45) is 2.02. The summed E-state index contributed by atoms with van der Waals surface area (Å²) in [5.74, 6) is -0.534. The van der Waals surface area contributed by atoms with E-state index in [1.165, 1.54) is 4.68 Å². The van der Waals surface area contributed by atoms with Gasteiger partial charge in [0.2, 0.25) is 18.0 Å². The first-order valence-electron chi connectivity index (χ1n) is 7.12. The lowest BCUT2D eigenvalue weighted by Crippen LogP contribution is -2.56. The van der Waals surface area contributed by atoms with Crippen LogP contribution in [0.4, 0.5) is 4.79 Å². The second-order valence-corrected chi connectivity index (χ2v) is 5.05. The summed E-state index contributed by atoms with van der Waals surface area (Å²) in [6.45, 7) is 1.16. The Morgan fingerprint density at radius 2 is 2.09 bits per heavy atom. The Labute approximate surface area is 131 Å². The third-order valence-corrected chi connectivity index (χ3v) is 3.67. The monoisotopic (exact) mass is 324 g/mol. The lowest BCUT2D eigenvalue weighted by atomic mass is 10.2. The second-order valence-electron chi connectivity index (χ2n) is 5.05. The fourth-order valence-electron chi connectivity index (χ4n) is 2.59. The van der Waals surface area contributed by atoms with Crippen LogP contribution >= 0.6 is 0 Å². The number of hydrazine groups is 1. The minimum Gasteiger partial charge on any atom is -0.451 e. The molecule has 0 unspecified atom stereocenters. The van der Waals surface area contributed by atoms with E-state index in [1.54, 1.807) is 5.01 Å². The second kappa shape index (κ2) is 6.24. The van der Waals surface area contributed by atoms with Gasteiger partial charge in [-0.25, -0.2) is 9.48 Å². The number of nitrogens with zero attached hydrogens (tertiary/aromatic N) is 4. The summed E-state index contributed by atoms with van der Waals surface area (Å²) in [5, 5.41) is 7.45. The molecule has 0 radical (unpaired) electrons. The van der Waals surface area contributed by atoms with E-state index >= 15 is 0 Å². The Hall–Kier alpha value is -2.62. The number of carbonyl (C=O) groups is 2. The first-order valence-corrected chi connectivity index (χ1v) is 7.12. The lowest BCUT2D eigenvalue weighted by molar-refractivity contribution is -0.0665. The Morgan fingerprint density at radius 1 is 1.30 bits per heavy atom. The number of hydrogen-bond acceptors (Lipinski definition) is 8. The molecule has 0 saturated carbocycles. The molecule has 10 heteroatoms. The number of ether oxygens (including phenoxy) is 3. The molecule has 124 valence electrons. The standard InChI is InChI=1S/C13H16N4O6/c1-21-13(20)23-8-22-11-9(18)6-14-16-7-15-4-2-3-5-17(15)12(19)10(11)16/h6H,2-5,7-8H2,1H3. The normalized spacial score (nSPS) is 17.3. The van der Waals surface area contributed by atoms with Crippen LogP contribution in [0.25, 0.3) is 0 Å². The molecule has 1 aromatic rings. The Balaban J connectivity index is 1.88. The van der Waals surface area contributed by atoms with Crippen molar-refractivity contribution < 1.29 is 23.8 Å². The van der Waals surface area contributed by atoms with Crippen LogP contribution in [0.2, 0.25) is 0 Å². The highest BCUT2D eigenvalue weighted by molar-refractivity contribution is 5.95. The fourth-order valence-corrected chi connectivity index (χ4v) is 2.59. The largest absolute Gasteiger partial charge is 0.510 e. The van der Waals surface area contributed by atoms with Crippen molar-refractivity contribution in [2.24, 2.45) is 0 Å². The molecule has 0 spiro atoms. The van der Waals surface area contributed by atoms with Crippen LogP contribution in [0.5, 0.6) is 5.75 Å². The average Bonchev–Trinajstić information content (AvgIpc) is 2.57. The molecule has 0 N–H and O–H groups in total. The highest BCUT2D eigenvalue weighted by Crippen LogP contribution is 2.24. The molecular weight excluding hydrogens is 308 g/mol. The Morgan fingerprint density at radius 3 is 2.87 bits per heavy atom. The van der Waals surface area contributed by atoms with Gasteiger partial charge in [-0.15, -0.1) is 0 Å². The quantitative estimate of drug-likeness (QED) is 0.555. The van der Waals surface area contributed by atoms with Gasteiger partial charge >= 0.3 is 6.16 Å². The fraction of sp³-hybridized carbons (Fsp3) is 0.538. The van der Waals surface area contributed by atoms with Crippen LogP contribution in [0.1, 0.15) is 23.3 Å². The minimum absolute atomic E-state index is 0.0594. The maximum atomic E-state index is 12.6. The van der Waals surface area contributed by atoms with Crippen molar-refractivity contribution >= 4 is 12.1 Å². The average molecular weight is 324 g/mol. The van der Waals surface area contributed by atoms with Crippen molar-refractivity contribution in [3.63, 3.8) is 0 Å². The van der Waals surface area contributed by atoms with Gasteiger partial charge in [0.25, 0.3) is 5.91 Å². The topological polar surface area (TPSA) is 103 Å². The molecule has 1 fully saturated rings. The van der Waals surface area contributed by atoms with E-state index in [9.17, 15) is 14.4 Å². The minimum atomic E-state index is -0.943. The predicted molar refractivity (Wildman–Crippen MR) is 74.5 cm³/mol. The molecule has 1 amide bonds. The van der Waals surface area contributed by atoms with E-state index in [2.05, 4.69) is 14.6 Å². The summed E-state index contributed by atoms with van der Waals surface area (Å²) in [7, 11) is 1.15. The molecule has 3 heterocycles. The van der Waals surface area contributed by atoms with E-state index in [4.69, 9.17) is 4.74 Å². The maximum absolute atomic E-state index is 12.6. The molecule has 0 bridgehead atoms. The summed E-state index contributed by atoms with van der Waals surface area (Å²) < 4.78 is 15.5. The molecule has 23 heavy (non-hydrogen) atoms. The predicted octanol–water partition coefficient (Wildman–Crippen LogP) is -0.213. The van der Waals surface area contributed by atoms with Gasteiger partial charge in [0.05, 0.1) is 13.3 Å². The molecule has 2 aliphatic rings. The van der Waals surface area contributed by atoms with Crippen molar-refractivity contribution in [3.05, 3.63) is 22.1 Å². The lowest BCUT2D eigenvalue weighted by Gasteiger charge is -2.42. The molecule has 1 saturated heterocycles. The van der Waals surface area contributed by atoms with E-state index < -0.39 is 18.4 Å². The van der Waals surface area contributed by atoms with Gasteiger partial charge < -0.3 is 14.2 Å². The molecule has 0 aromatic carbocycles. The van der Waals surface area contributed by atoms with Crippen LogP contribution in [0.15, 0.2) is 11.0 Å². The van der Waals surface area contributed by atoms with Crippen molar-refractivity contribution in [1.82, 2.24) is 19.8 Å². The van der Waals surface area contributed by atoms with Gasteiger partial charge in [-0.05, 0) is 12.8 Å². The highest BCUT2D eigenvalue weighted by Gasteiger charge is 2.36. The van der Waals surface area contributed by atoms with E-state index in [1.807, 2.05) is 5.01 Å². The number of methoxy groups -OCH3 is 1. The zero-order valence-electron chi connectivity index (χ0n) is 12.6. The van der Waals surface area contributed by atoms with Crippen LogP contribution in [0, 0.1) is 0 Å².